The van der Waals surface area contributed by atoms with Gasteiger partial charge in [0.25, 0.3) is 11.8 Å². The van der Waals surface area contributed by atoms with Gasteiger partial charge in [0.2, 0.25) is 11.8 Å². The van der Waals surface area contributed by atoms with E-state index < -0.39 is 60.7 Å². The summed E-state index contributed by atoms with van der Waals surface area (Å²) in [4.78, 5) is 84.8. The first-order valence-corrected chi connectivity index (χ1v) is 16.1. The van der Waals surface area contributed by atoms with E-state index in [-0.39, 0.29) is 73.5 Å². The van der Waals surface area contributed by atoms with Crippen molar-refractivity contribution in [2.45, 2.75) is 63.6 Å². The second kappa shape index (κ2) is 15.3. The number of piperazine rings is 1. The molecule has 1 aromatic carbocycles. The molecule has 2 atom stereocenters. The van der Waals surface area contributed by atoms with Gasteiger partial charge < -0.3 is 39.9 Å². The molecule has 15 nitrogen and oxygen atoms in total. The largest absolute Gasteiger partial charge is 0.483 e. The van der Waals surface area contributed by atoms with Crippen molar-refractivity contribution in [3.05, 3.63) is 35.8 Å². The third kappa shape index (κ3) is 8.27. The van der Waals surface area contributed by atoms with E-state index in [2.05, 4.69) is 15.6 Å². The average molecular weight is 671 g/mol. The van der Waals surface area contributed by atoms with E-state index in [9.17, 15) is 38.3 Å². The number of nitrogens with zero attached hydrogens (tertiary/aromatic N) is 4. The second-order valence-electron chi connectivity index (χ2n) is 11.9. The molecule has 2 aliphatic heterocycles. The van der Waals surface area contributed by atoms with Crippen molar-refractivity contribution in [2.75, 3.05) is 45.9 Å². The Hall–Kier alpha value is -5.02. The average Bonchev–Trinajstić information content (AvgIpc) is 3.75. The van der Waals surface area contributed by atoms with Gasteiger partial charge in [-0.1, -0.05) is 6.07 Å². The van der Waals surface area contributed by atoms with Gasteiger partial charge in [0.05, 0.1) is 6.61 Å². The highest BCUT2D eigenvalue weighted by atomic mass is 19.1. The lowest BCUT2D eigenvalue weighted by Crippen LogP contribution is -2.56. The van der Waals surface area contributed by atoms with Crippen LogP contribution in [0, 0.1) is 5.82 Å². The van der Waals surface area contributed by atoms with Gasteiger partial charge in [-0.15, -0.1) is 0 Å². The number of fused-ring (bicyclic) bond motifs is 1. The predicted octanol–water partition coefficient (Wildman–Crippen LogP) is 1.29. The number of hydrogen-bond acceptors (Lipinski definition) is 9. The third-order valence-corrected chi connectivity index (χ3v) is 8.50. The van der Waals surface area contributed by atoms with Crippen molar-refractivity contribution in [3.63, 3.8) is 0 Å². The number of amides is 5. The van der Waals surface area contributed by atoms with Gasteiger partial charge in [-0.3, -0.25) is 24.0 Å². The molecule has 3 N–H and O–H groups in total. The van der Waals surface area contributed by atoms with Crippen LogP contribution in [0.4, 0.5) is 9.18 Å². The summed E-state index contributed by atoms with van der Waals surface area (Å²) in [6.45, 7) is 2.45. The SMILES string of the molecule is CCOC(=O)N1CCN(C(=O)[C@H](CCC(=O)O)NC(=O)c2cc(OCC(=O)N3CCC[C@H]3C(=O)NC3CC3)c3cccc(F)c3n2)CC1. The van der Waals surface area contributed by atoms with Crippen molar-refractivity contribution in [3.8, 4) is 5.75 Å². The van der Waals surface area contributed by atoms with Crippen LogP contribution in [-0.4, -0.2) is 125 Å². The van der Waals surface area contributed by atoms with Gasteiger partial charge in [-0.2, -0.15) is 0 Å². The molecule has 1 aromatic heterocycles. The molecule has 2 saturated heterocycles. The zero-order valence-corrected chi connectivity index (χ0v) is 26.6. The fourth-order valence-corrected chi connectivity index (χ4v) is 5.81. The molecule has 1 saturated carbocycles. The normalized spacial score (nSPS) is 18.3. The first-order chi connectivity index (χ1) is 23.0. The summed E-state index contributed by atoms with van der Waals surface area (Å²) < 4.78 is 25.8. The fourth-order valence-electron chi connectivity index (χ4n) is 5.81. The number of hydrogen-bond donors (Lipinski definition) is 3. The van der Waals surface area contributed by atoms with E-state index >= 15 is 0 Å². The van der Waals surface area contributed by atoms with Gasteiger partial charge in [-0.05, 0) is 51.2 Å². The minimum absolute atomic E-state index is 0.0142. The minimum Gasteiger partial charge on any atom is -0.483 e. The monoisotopic (exact) mass is 670 g/mol. The highest BCUT2D eigenvalue weighted by Gasteiger charge is 2.37. The number of para-hydroxylation sites is 1. The highest BCUT2D eigenvalue weighted by Crippen LogP contribution is 2.28. The van der Waals surface area contributed by atoms with Crippen molar-refractivity contribution in [1.29, 1.82) is 0 Å². The zero-order chi connectivity index (χ0) is 34.4. The highest BCUT2D eigenvalue weighted by molar-refractivity contribution is 5.99. The van der Waals surface area contributed by atoms with Gasteiger partial charge >= 0.3 is 12.1 Å². The van der Waals surface area contributed by atoms with Crippen LogP contribution < -0.4 is 15.4 Å². The molecule has 0 bridgehead atoms. The Morgan fingerprint density at radius 2 is 1.77 bits per heavy atom. The van der Waals surface area contributed by atoms with Crippen molar-refractivity contribution < 1.29 is 47.7 Å². The van der Waals surface area contributed by atoms with E-state index in [1.165, 1.54) is 32.9 Å². The lowest BCUT2D eigenvalue weighted by Gasteiger charge is -2.35. The maximum atomic E-state index is 15.0. The number of ether oxygens (including phenoxy) is 2. The topological polar surface area (TPSA) is 188 Å². The van der Waals surface area contributed by atoms with Crippen LogP contribution in [0.3, 0.4) is 0 Å². The van der Waals surface area contributed by atoms with Gasteiger partial charge in [-0.25, -0.2) is 14.2 Å². The molecule has 0 radical (unpaired) electrons. The number of likely N-dealkylation sites (tertiary alicyclic amines) is 1. The van der Waals surface area contributed by atoms with Crippen LogP contribution in [0.25, 0.3) is 10.9 Å². The standard InChI is InChI=1S/C32H39FN6O9/c1-2-47-32(46)38-15-13-37(14-16-38)31(45)22(10-11-27(41)42)36-29(43)23-17-25(20-5-3-6-21(33)28(20)35-23)48-18-26(40)39-12-4-7-24(39)30(44)34-19-8-9-19/h3,5-6,17,19,22,24H,2,4,7-16,18H2,1H3,(H,34,44)(H,36,43)(H,41,42)/t22-,24-/m0/s1. The number of halogens is 1. The maximum absolute atomic E-state index is 15.0. The predicted molar refractivity (Wildman–Crippen MR) is 166 cm³/mol. The Morgan fingerprint density at radius 1 is 1.04 bits per heavy atom. The maximum Gasteiger partial charge on any atom is 0.409 e. The molecule has 3 fully saturated rings. The third-order valence-electron chi connectivity index (χ3n) is 8.50. The van der Waals surface area contributed by atoms with E-state index in [0.717, 1.165) is 18.9 Å². The molecule has 5 amide bonds. The summed E-state index contributed by atoms with van der Waals surface area (Å²) in [5, 5.41) is 15.0. The Kier molecular flexibility index (Phi) is 10.9. The number of rotatable bonds is 12. The second-order valence-corrected chi connectivity index (χ2v) is 11.9. The molecule has 16 heteroatoms. The summed E-state index contributed by atoms with van der Waals surface area (Å²) >= 11 is 0. The summed E-state index contributed by atoms with van der Waals surface area (Å²) in [6, 6.07) is 3.59. The molecule has 2 aromatic rings. The number of carbonyl (C=O) groups is 6. The van der Waals surface area contributed by atoms with Gasteiger partial charge in [0, 0.05) is 56.6 Å². The number of benzene rings is 1. The Morgan fingerprint density at radius 3 is 2.46 bits per heavy atom. The number of carboxylic acids is 1. The fraction of sp³-hybridized carbons (Fsp3) is 0.531. The summed E-state index contributed by atoms with van der Waals surface area (Å²) in [5.74, 6) is -4.03. The number of carbonyl (C=O) groups excluding carboxylic acids is 5. The number of carboxylic acid groups (broad SMARTS) is 1. The molecule has 1 aliphatic carbocycles. The van der Waals surface area contributed by atoms with E-state index in [1.807, 2.05) is 0 Å². The Labute approximate surface area is 275 Å². The molecule has 0 spiro atoms. The van der Waals surface area contributed by atoms with E-state index in [1.54, 1.807) is 6.92 Å². The van der Waals surface area contributed by atoms with E-state index in [0.29, 0.717) is 19.4 Å². The van der Waals surface area contributed by atoms with Crippen LogP contribution in [-0.2, 0) is 23.9 Å². The number of aliphatic carboxylic acids is 1. The quantitative estimate of drug-likeness (QED) is 0.297. The van der Waals surface area contributed by atoms with Crippen LogP contribution in [0.1, 0.15) is 55.9 Å². The Balaban J connectivity index is 1.30. The molecule has 3 aliphatic rings. The molecule has 48 heavy (non-hydrogen) atoms. The van der Waals surface area contributed by atoms with Crippen LogP contribution >= 0.6 is 0 Å². The molecule has 5 rings (SSSR count). The molecular formula is C32H39FN6O9. The first kappa shape index (κ1) is 34.3. The van der Waals surface area contributed by atoms with Crippen molar-refractivity contribution in [2.24, 2.45) is 0 Å². The lowest BCUT2D eigenvalue weighted by molar-refractivity contribution is -0.140. The van der Waals surface area contributed by atoms with Crippen molar-refractivity contribution in [1.82, 2.24) is 30.3 Å². The summed E-state index contributed by atoms with van der Waals surface area (Å²) in [7, 11) is 0. The van der Waals surface area contributed by atoms with Crippen LogP contribution in [0.15, 0.2) is 24.3 Å². The molecule has 0 unspecified atom stereocenters. The lowest BCUT2D eigenvalue weighted by atomic mass is 10.1. The van der Waals surface area contributed by atoms with Crippen LogP contribution in [0.2, 0.25) is 0 Å². The summed E-state index contributed by atoms with van der Waals surface area (Å²) in [6.07, 6.45) is 1.86. The first-order valence-electron chi connectivity index (χ1n) is 16.1. The van der Waals surface area contributed by atoms with Crippen LogP contribution in [0.5, 0.6) is 5.75 Å². The van der Waals surface area contributed by atoms with E-state index in [4.69, 9.17) is 9.47 Å². The summed E-state index contributed by atoms with van der Waals surface area (Å²) in [5.41, 5.74) is -0.530. The number of nitrogens with one attached hydrogen (secondary N) is 2. The zero-order valence-electron chi connectivity index (χ0n) is 26.6. The molecule has 3 heterocycles. The molecular weight excluding hydrogens is 631 g/mol. The molecule has 258 valence electrons. The Bertz CT molecular complexity index is 1580. The number of aromatic nitrogens is 1. The van der Waals surface area contributed by atoms with Gasteiger partial charge in [0.15, 0.2) is 6.61 Å². The smallest absolute Gasteiger partial charge is 0.409 e. The van der Waals surface area contributed by atoms with Crippen molar-refractivity contribution >= 4 is 46.6 Å². The number of pyridine rings is 1. The minimum atomic E-state index is -1.26. The van der Waals surface area contributed by atoms with Gasteiger partial charge in [0.1, 0.15) is 34.9 Å².